The van der Waals surface area contributed by atoms with E-state index in [-0.39, 0.29) is 30.7 Å². The smallest absolute Gasteiger partial charge is 0.292 e. The lowest BCUT2D eigenvalue weighted by atomic mass is 10.2. The van der Waals surface area contributed by atoms with Crippen molar-refractivity contribution in [1.82, 2.24) is 9.55 Å². The first-order valence-corrected chi connectivity index (χ1v) is 11.8. The monoisotopic (exact) mass is 469 g/mol. The third-order valence-electron chi connectivity index (χ3n) is 5.78. The van der Waals surface area contributed by atoms with E-state index < -0.39 is 4.92 Å². The number of aromatic nitrogens is 2. The van der Waals surface area contributed by atoms with Crippen molar-refractivity contribution < 1.29 is 14.5 Å². The van der Waals surface area contributed by atoms with Gasteiger partial charge in [-0.2, -0.15) is 0 Å². The van der Waals surface area contributed by atoms with Crippen LogP contribution in [-0.2, 0) is 16.1 Å². The lowest BCUT2D eigenvalue weighted by Crippen LogP contribution is -2.16. The third-order valence-corrected chi connectivity index (χ3v) is 6.54. The second kappa shape index (κ2) is 10.1. The Kier molecular flexibility index (Phi) is 7.05. The molecule has 174 valence electrons. The molecule has 3 heterocycles. The molecule has 0 aliphatic carbocycles. The Morgan fingerprint density at radius 3 is 2.94 bits per heavy atom. The van der Waals surface area contributed by atoms with Crippen molar-refractivity contribution in [3.63, 3.8) is 0 Å². The zero-order valence-corrected chi connectivity index (χ0v) is 19.5. The molecule has 1 saturated heterocycles. The van der Waals surface area contributed by atoms with Crippen LogP contribution in [0.5, 0.6) is 0 Å². The molecule has 0 saturated carbocycles. The topological polar surface area (TPSA) is 111 Å². The van der Waals surface area contributed by atoms with Crippen LogP contribution >= 0.6 is 11.3 Å². The molecule has 2 aromatic heterocycles. The SMILES string of the molecule is Cc1cc(-c2csc(NC(=O)CCNc3ccccc3[N+](=O)[O-])n2)c(C)n1CC1CCCO1. The molecular formula is C23H27N5O4S. The van der Waals surface area contributed by atoms with Crippen molar-refractivity contribution in [2.45, 2.75) is 45.8 Å². The van der Waals surface area contributed by atoms with E-state index in [0.29, 0.717) is 10.8 Å². The highest BCUT2D eigenvalue weighted by Gasteiger charge is 2.20. The molecule has 0 spiro atoms. The number of para-hydroxylation sites is 2. The van der Waals surface area contributed by atoms with Crippen molar-refractivity contribution in [3.05, 3.63) is 57.2 Å². The Bertz CT molecular complexity index is 1150. The Hall–Kier alpha value is -3.24. The molecule has 1 fully saturated rings. The number of hydrogen-bond donors (Lipinski definition) is 2. The number of carbonyl (C=O) groups is 1. The summed E-state index contributed by atoms with van der Waals surface area (Å²) < 4.78 is 8.06. The summed E-state index contributed by atoms with van der Waals surface area (Å²) in [5.74, 6) is -0.203. The molecule has 2 N–H and O–H groups in total. The molecule has 1 aliphatic heterocycles. The minimum Gasteiger partial charge on any atom is -0.379 e. The highest BCUT2D eigenvalue weighted by atomic mass is 32.1. The molecule has 0 bridgehead atoms. The molecule has 1 aromatic carbocycles. The molecule has 10 heteroatoms. The fraction of sp³-hybridized carbons (Fsp3) is 0.391. The molecular weight excluding hydrogens is 442 g/mol. The maximum atomic E-state index is 12.3. The number of nitrogens with one attached hydrogen (secondary N) is 2. The molecule has 9 nitrogen and oxygen atoms in total. The number of aryl methyl sites for hydroxylation is 1. The van der Waals surface area contributed by atoms with Crippen molar-refractivity contribution in [2.24, 2.45) is 0 Å². The summed E-state index contributed by atoms with van der Waals surface area (Å²) in [6, 6.07) is 8.50. The van der Waals surface area contributed by atoms with Crippen molar-refractivity contribution in [1.29, 1.82) is 0 Å². The van der Waals surface area contributed by atoms with Gasteiger partial charge in [0.25, 0.3) is 5.69 Å². The summed E-state index contributed by atoms with van der Waals surface area (Å²) in [7, 11) is 0. The van der Waals surface area contributed by atoms with Gasteiger partial charge in [-0.3, -0.25) is 14.9 Å². The number of thiazole rings is 1. The van der Waals surface area contributed by atoms with Gasteiger partial charge in [0, 0.05) is 54.5 Å². The highest BCUT2D eigenvalue weighted by molar-refractivity contribution is 7.14. The van der Waals surface area contributed by atoms with Crippen LogP contribution < -0.4 is 10.6 Å². The predicted molar refractivity (Wildman–Crippen MR) is 129 cm³/mol. The molecule has 33 heavy (non-hydrogen) atoms. The minimum atomic E-state index is -0.447. The van der Waals surface area contributed by atoms with E-state index in [9.17, 15) is 14.9 Å². The minimum absolute atomic E-state index is 0.0143. The lowest BCUT2D eigenvalue weighted by molar-refractivity contribution is -0.384. The number of rotatable bonds is 9. The van der Waals surface area contributed by atoms with Crippen LogP contribution in [0.15, 0.2) is 35.7 Å². The number of nitro benzene ring substituents is 1. The second-order valence-electron chi connectivity index (χ2n) is 8.07. The molecule has 4 rings (SSSR count). The second-order valence-corrected chi connectivity index (χ2v) is 8.93. The number of ether oxygens (including phenoxy) is 1. The van der Waals surface area contributed by atoms with Crippen LogP contribution in [0.2, 0.25) is 0 Å². The van der Waals surface area contributed by atoms with Crippen molar-refractivity contribution >= 4 is 33.8 Å². The summed E-state index contributed by atoms with van der Waals surface area (Å²) in [6.07, 6.45) is 2.63. The quantitative estimate of drug-likeness (QED) is 0.345. The zero-order valence-electron chi connectivity index (χ0n) is 18.7. The van der Waals surface area contributed by atoms with E-state index in [1.807, 2.05) is 5.38 Å². The highest BCUT2D eigenvalue weighted by Crippen LogP contribution is 2.31. The van der Waals surface area contributed by atoms with Gasteiger partial charge in [0.15, 0.2) is 5.13 Å². The van der Waals surface area contributed by atoms with Gasteiger partial charge in [-0.25, -0.2) is 4.98 Å². The Morgan fingerprint density at radius 2 is 2.18 bits per heavy atom. The number of hydrogen-bond acceptors (Lipinski definition) is 7. The van der Waals surface area contributed by atoms with Gasteiger partial charge < -0.3 is 19.9 Å². The predicted octanol–water partition coefficient (Wildman–Crippen LogP) is 4.76. The van der Waals surface area contributed by atoms with Gasteiger partial charge in [0.1, 0.15) is 5.69 Å². The number of nitro groups is 1. The van der Waals surface area contributed by atoms with E-state index >= 15 is 0 Å². The largest absolute Gasteiger partial charge is 0.379 e. The van der Waals surface area contributed by atoms with Crippen LogP contribution in [0, 0.1) is 24.0 Å². The number of amides is 1. The maximum Gasteiger partial charge on any atom is 0.292 e. The number of benzene rings is 1. The fourth-order valence-electron chi connectivity index (χ4n) is 4.06. The third kappa shape index (κ3) is 5.40. The number of nitrogens with zero attached hydrogens (tertiary/aromatic N) is 3. The molecule has 3 aromatic rings. The van der Waals surface area contributed by atoms with Crippen molar-refractivity contribution in [3.8, 4) is 11.3 Å². The van der Waals surface area contributed by atoms with E-state index in [1.165, 1.54) is 17.4 Å². The van der Waals surface area contributed by atoms with E-state index in [4.69, 9.17) is 4.74 Å². The van der Waals surface area contributed by atoms with Gasteiger partial charge in [-0.05, 0) is 38.8 Å². The molecule has 1 aliphatic rings. The maximum absolute atomic E-state index is 12.3. The standard InChI is InChI=1S/C23H27N5O4S/c1-15-12-18(16(2)27(15)13-17-6-5-11-32-17)20-14-33-23(25-20)26-22(29)9-10-24-19-7-3-4-8-21(19)28(30)31/h3-4,7-8,12,14,17,24H,5-6,9-11,13H2,1-2H3,(H,25,26,29). The first-order chi connectivity index (χ1) is 15.9. The van der Waals surface area contributed by atoms with Gasteiger partial charge >= 0.3 is 0 Å². The average molecular weight is 470 g/mol. The van der Waals surface area contributed by atoms with Crippen LogP contribution in [-0.4, -0.2) is 39.6 Å². The van der Waals surface area contributed by atoms with Gasteiger partial charge in [0.05, 0.1) is 16.7 Å². The summed E-state index contributed by atoms with van der Waals surface area (Å²) in [6.45, 7) is 6.13. The fourth-order valence-corrected chi connectivity index (χ4v) is 4.79. The summed E-state index contributed by atoms with van der Waals surface area (Å²) >= 11 is 1.38. The summed E-state index contributed by atoms with van der Waals surface area (Å²) in [5.41, 5.74) is 4.57. The van der Waals surface area contributed by atoms with E-state index in [1.54, 1.807) is 18.2 Å². The normalized spacial score (nSPS) is 15.5. The summed E-state index contributed by atoms with van der Waals surface area (Å²) in [5, 5.41) is 19.3. The zero-order chi connectivity index (χ0) is 23.4. The molecule has 1 unspecified atom stereocenters. The first-order valence-electron chi connectivity index (χ1n) is 10.9. The average Bonchev–Trinajstić information content (AvgIpc) is 3.52. The van der Waals surface area contributed by atoms with Gasteiger partial charge in [0.2, 0.25) is 5.91 Å². The van der Waals surface area contributed by atoms with Gasteiger partial charge in [-0.15, -0.1) is 11.3 Å². The van der Waals surface area contributed by atoms with Crippen LogP contribution in [0.1, 0.15) is 30.7 Å². The van der Waals surface area contributed by atoms with E-state index in [0.717, 1.165) is 48.6 Å². The van der Waals surface area contributed by atoms with Crippen LogP contribution in [0.25, 0.3) is 11.3 Å². The molecule has 1 amide bonds. The van der Waals surface area contributed by atoms with E-state index in [2.05, 4.69) is 40.1 Å². The lowest BCUT2D eigenvalue weighted by Gasteiger charge is -2.14. The molecule has 1 atom stereocenters. The first kappa shape index (κ1) is 22.9. The number of anilines is 2. The molecule has 0 radical (unpaired) electrons. The number of carbonyl (C=O) groups excluding carboxylic acids is 1. The van der Waals surface area contributed by atoms with Crippen LogP contribution in [0.4, 0.5) is 16.5 Å². The summed E-state index contributed by atoms with van der Waals surface area (Å²) in [4.78, 5) is 27.6. The van der Waals surface area contributed by atoms with Gasteiger partial charge in [-0.1, -0.05) is 12.1 Å². The Morgan fingerprint density at radius 1 is 1.36 bits per heavy atom. The van der Waals surface area contributed by atoms with Crippen molar-refractivity contribution in [2.75, 3.05) is 23.8 Å². The Balaban J connectivity index is 1.34. The Labute approximate surface area is 195 Å². The van der Waals surface area contributed by atoms with Crippen LogP contribution in [0.3, 0.4) is 0 Å².